The molecular weight excluding hydrogens is 867 g/mol. The van der Waals surface area contributed by atoms with Crippen LogP contribution in [0, 0.1) is 0 Å². The summed E-state index contributed by atoms with van der Waals surface area (Å²) in [6, 6.07) is 13.0. The summed E-state index contributed by atoms with van der Waals surface area (Å²) in [4.78, 5) is 37.2. The number of carbonyl (C=O) groups is 2. The third-order valence-corrected chi connectivity index (χ3v) is 11.8. The zero-order valence-corrected chi connectivity index (χ0v) is 36.0. The van der Waals surface area contributed by atoms with Crippen molar-refractivity contribution in [3.05, 3.63) is 71.0 Å². The molecule has 312 valence electrons. The number of nitrogen functional groups attached to an aromatic ring is 2. The Morgan fingerprint density at radius 3 is 1.57 bits per heavy atom. The van der Waals surface area contributed by atoms with Crippen molar-refractivity contribution < 1.29 is 24.9 Å². The topological polar surface area (TPSA) is 322 Å². The maximum absolute atomic E-state index is 11.6. The normalized spacial score (nSPS) is 12.2. The van der Waals surface area contributed by atoms with E-state index in [1.807, 2.05) is 71.9 Å². The first-order valence-corrected chi connectivity index (χ1v) is 20.9. The second-order valence-corrected chi connectivity index (χ2v) is 19.2. The lowest BCUT2D eigenvalue weighted by atomic mass is 9.91. The fourth-order valence-electron chi connectivity index (χ4n) is 5.29. The molecule has 0 amide bonds. The van der Waals surface area contributed by atoms with Gasteiger partial charge in [0, 0.05) is 20.6 Å². The molecule has 7 N–H and O–H groups in total. The van der Waals surface area contributed by atoms with Crippen LogP contribution in [-0.2, 0) is 10.8 Å². The minimum Gasteiger partial charge on any atom is -0.479 e. The molecule has 0 fully saturated rings. The number of carboxylic acids is 2. The van der Waals surface area contributed by atoms with Gasteiger partial charge in [-0.05, 0) is 30.3 Å². The highest BCUT2D eigenvalue weighted by molar-refractivity contribution is 8.01. The first kappa shape index (κ1) is 42.4. The Morgan fingerprint density at radius 2 is 1.11 bits per heavy atom. The lowest BCUT2D eigenvalue weighted by Crippen LogP contribution is -2.16. The van der Waals surface area contributed by atoms with Crippen molar-refractivity contribution in [3.63, 3.8) is 0 Å². The van der Waals surface area contributed by atoms with E-state index in [4.69, 9.17) is 11.5 Å². The number of hydrogen-bond acceptors (Lipinski definition) is 22. The predicted octanol–water partition coefficient (Wildman–Crippen LogP) is 7.94. The third-order valence-electron chi connectivity index (χ3n) is 8.06. The van der Waals surface area contributed by atoms with Gasteiger partial charge < -0.3 is 26.8 Å². The van der Waals surface area contributed by atoms with Crippen LogP contribution in [0.4, 0.5) is 33.3 Å². The predicted molar refractivity (Wildman–Crippen MR) is 225 cm³/mol. The van der Waals surface area contributed by atoms with Crippen molar-refractivity contribution >= 4 is 91.4 Å². The molecule has 0 aliphatic carbocycles. The second kappa shape index (κ2) is 16.7. The molecule has 61 heavy (non-hydrogen) atoms. The van der Waals surface area contributed by atoms with Gasteiger partial charge in [0.2, 0.25) is 0 Å². The largest absolute Gasteiger partial charge is 0.479 e. The summed E-state index contributed by atoms with van der Waals surface area (Å²) in [6.45, 7) is 11.4. The first-order chi connectivity index (χ1) is 28.8. The first-order valence-electron chi connectivity index (χ1n) is 17.6. The van der Waals surface area contributed by atoms with Gasteiger partial charge >= 0.3 is 17.9 Å². The molecule has 0 aliphatic rings. The molecule has 26 heteroatoms. The van der Waals surface area contributed by atoms with Crippen molar-refractivity contribution in [1.82, 2.24) is 54.9 Å². The van der Waals surface area contributed by atoms with Crippen LogP contribution in [0.5, 0.6) is 6.01 Å². The summed E-state index contributed by atoms with van der Waals surface area (Å²) in [6.07, 6.45) is 0. The van der Waals surface area contributed by atoms with E-state index in [0.717, 1.165) is 28.0 Å². The van der Waals surface area contributed by atoms with Crippen molar-refractivity contribution in [2.45, 2.75) is 70.8 Å². The van der Waals surface area contributed by atoms with Gasteiger partial charge in [0.1, 0.15) is 0 Å². The van der Waals surface area contributed by atoms with Crippen LogP contribution in [0.3, 0.4) is 0 Å². The lowest BCUT2D eigenvalue weighted by Gasteiger charge is -2.15. The highest BCUT2D eigenvalue weighted by Gasteiger charge is 2.31. The van der Waals surface area contributed by atoms with E-state index >= 15 is 0 Å². The maximum atomic E-state index is 11.6. The molecule has 0 radical (unpaired) electrons. The van der Waals surface area contributed by atoms with Crippen molar-refractivity contribution in [2.24, 2.45) is 20.5 Å². The summed E-state index contributed by atoms with van der Waals surface area (Å²) in [5, 5.41) is 73.2. The van der Waals surface area contributed by atoms with Gasteiger partial charge in [-0.1, -0.05) is 106 Å². The molecule has 0 aliphatic heterocycles. The molecule has 0 saturated heterocycles. The van der Waals surface area contributed by atoms with Crippen LogP contribution in [-0.4, -0.2) is 82.2 Å². The summed E-state index contributed by atoms with van der Waals surface area (Å²) in [5.74, 6) is -3.13. The number of azo groups is 2. The minimum atomic E-state index is -1.38. The van der Waals surface area contributed by atoms with Crippen molar-refractivity contribution in [1.29, 1.82) is 0 Å². The summed E-state index contributed by atoms with van der Waals surface area (Å²) < 4.78 is 3.44. The Labute approximate surface area is 361 Å². The van der Waals surface area contributed by atoms with Gasteiger partial charge in [0.25, 0.3) is 22.2 Å². The maximum Gasteiger partial charge on any atom is 0.336 e. The van der Waals surface area contributed by atoms with Crippen LogP contribution in [0.2, 0.25) is 0 Å². The fraction of sp³-hybridized carbons (Fsp3) is 0.229. The minimum absolute atomic E-state index is 0.0149. The molecule has 7 rings (SSSR count). The smallest absolute Gasteiger partial charge is 0.336 e. The van der Waals surface area contributed by atoms with Gasteiger partial charge in [-0.25, -0.2) is 9.59 Å². The van der Waals surface area contributed by atoms with Crippen molar-refractivity contribution in [2.75, 3.05) is 11.5 Å². The van der Waals surface area contributed by atoms with E-state index in [-0.39, 0.29) is 51.2 Å². The molecule has 2 aromatic carbocycles. The SMILES string of the molecule is CC(C)(C)c1nn(-c2nc(O)nc(-n3nc(C(C)(C)C)c(N=Nc4nnc(Sc5ccc(C(=O)O)c(C(=O)O)c5)s4)c3N)n2)c(N)c1N=Nc1nnc(Sc2ccccc2)s1. The highest BCUT2D eigenvalue weighted by Crippen LogP contribution is 2.41. The summed E-state index contributed by atoms with van der Waals surface area (Å²) in [5.41, 5.74) is 12.6. The molecule has 5 heterocycles. The summed E-state index contributed by atoms with van der Waals surface area (Å²) in [7, 11) is 0. The molecule has 5 aromatic heterocycles. The zero-order chi connectivity index (χ0) is 43.8. The second-order valence-electron chi connectivity index (χ2n) is 14.7. The zero-order valence-electron chi connectivity index (χ0n) is 32.8. The fourth-order valence-corrected chi connectivity index (χ4v) is 8.62. The average Bonchev–Trinajstić information content (AvgIpc) is 3.99. The number of nitrogens with two attached hydrogens (primary N) is 2. The molecule has 0 spiro atoms. The van der Waals surface area contributed by atoms with Gasteiger partial charge in [-0.2, -0.15) is 34.5 Å². The van der Waals surface area contributed by atoms with E-state index in [1.165, 1.54) is 50.7 Å². The Kier molecular flexibility index (Phi) is 11.6. The highest BCUT2D eigenvalue weighted by atomic mass is 32.2. The molecule has 0 saturated carbocycles. The average molecular weight is 900 g/mol. The Bertz CT molecular complexity index is 2860. The van der Waals surface area contributed by atoms with Crippen LogP contribution in [0.15, 0.2) is 87.5 Å². The van der Waals surface area contributed by atoms with Gasteiger partial charge in [0.15, 0.2) is 31.7 Å². The van der Waals surface area contributed by atoms with Crippen LogP contribution >= 0.6 is 46.2 Å². The van der Waals surface area contributed by atoms with Crippen LogP contribution in [0.25, 0.3) is 11.9 Å². The number of anilines is 2. The van der Waals surface area contributed by atoms with Crippen LogP contribution in [0.1, 0.15) is 73.6 Å². The number of nitrogens with zero attached hydrogens (tertiary/aromatic N) is 15. The number of rotatable bonds is 12. The van der Waals surface area contributed by atoms with Crippen LogP contribution < -0.4 is 11.5 Å². The van der Waals surface area contributed by atoms with Gasteiger partial charge in [-0.3, -0.25) is 0 Å². The molecule has 0 atom stereocenters. The molecule has 0 unspecified atom stereocenters. The Morgan fingerprint density at radius 1 is 0.639 bits per heavy atom. The number of hydrogen-bond donors (Lipinski definition) is 5. The van der Waals surface area contributed by atoms with E-state index in [9.17, 15) is 24.9 Å². The van der Waals surface area contributed by atoms with E-state index < -0.39 is 28.8 Å². The summed E-state index contributed by atoms with van der Waals surface area (Å²) >= 11 is 4.82. The Balaban J connectivity index is 1.18. The van der Waals surface area contributed by atoms with E-state index in [1.54, 1.807) is 0 Å². The molecule has 0 bridgehead atoms. The quantitative estimate of drug-likeness (QED) is 0.0726. The molecule has 22 nitrogen and oxygen atoms in total. The molecule has 7 aromatic rings. The number of aromatic carboxylic acids is 2. The van der Waals surface area contributed by atoms with Gasteiger partial charge in [-0.15, -0.1) is 40.9 Å². The standard InChI is InChI=1S/C35H33N17O5S4/c1-34(2,3)21-19(41-43-30-45-47-32(60-30)58-15-10-8-7-9-11-15)23(36)51(49-21)27-38-28(40-29(57)39-27)52-24(37)20(22(50-52)35(4,5)6)42-44-31-46-48-33(61-31)59-16-12-13-17(25(53)54)18(14-16)26(55)56/h7-14H,36-37H2,1-6H3,(H,53,54)(H,55,56)(H,38,39,40,57). The number of aromatic hydroxyl groups is 1. The Hall–Kier alpha value is -6.77. The monoisotopic (exact) mass is 899 g/mol. The van der Waals surface area contributed by atoms with Crippen molar-refractivity contribution in [3.8, 4) is 17.9 Å². The van der Waals surface area contributed by atoms with E-state index in [0.29, 0.717) is 30.1 Å². The number of aromatic nitrogens is 11. The van der Waals surface area contributed by atoms with E-state index in [2.05, 4.69) is 66.0 Å². The van der Waals surface area contributed by atoms with Gasteiger partial charge in [0.05, 0.1) is 22.5 Å². The third kappa shape index (κ3) is 9.35. The molecular formula is C35H33N17O5S4. The number of benzene rings is 2. The lowest BCUT2D eigenvalue weighted by molar-refractivity contribution is 0.0651. The number of carboxylic acid groups (broad SMARTS) is 2.